The molecule has 0 aliphatic carbocycles. The second kappa shape index (κ2) is 8.23. The fourth-order valence-electron chi connectivity index (χ4n) is 3.55. The quantitative estimate of drug-likeness (QED) is 0.360. The van der Waals surface area contributed by atoms with Crippen LogP contribution >= 0.6 is 23.2 Å². The van der Waals surface area contributed by atoms with Gasteiger partial charge in [0.2, 0.25) is 0 Å². The Labute approximate surface area is 183 Å². The SMILES string of the molecule is COC(=O)c1ccc(Cl)c(Cc2cc3ccc(C#N)cc3n2-c2ccccc2)c1Cl. The number of methoxy groups -OCH3 is 1. The number of halogens is 2. The van der Waals surface area contributed by atoms with E-state index in [2.05, 4.69) is 10.6 Å². The molecule has 0 unspecified atom stereocenters. The van der Waals surface area contributed by atoms with E-state index in [0.717, 1.165) is 22.3 Å². The Hall–Kier alpha value is -3.26. The number of nitriles is 1. The van der Waals surface area contributed by atoms with E-state index in [-0.39, 0.29) is 10.6 Å². The van der Waals surface area contributed by atoms with E-state index in [9.17, 15) is 10.1 Å². The van der Waals surface area contributed by atoms with Gasteiger partial charge in [0.05, 0.1) is 34.8 Å². The summed E-state index contributed by atoms with van der Waals surface area (Å²) in [5.74, 6) is -0.514. The highest BCUT2D eigenvalue weighted by molar-refractivity contribution is 6.38. The van der Waals surface area contributed by atoms with Crippen LogP contribution in [0.1, 0.15) is 27.2 Å². The molecule has 0 aliphatic rings. The first kappa shape index (κ1) is 20.0. The maximum absolute atomic E-state index is 12.1. The summed E-state index contributed by atoms with van der Waals surface area (Å²) in [6.45, 7) is 0. The van der Waals surface area contributed by atoms with E-state index >= 15 is 0 Å². The summed E-state index contributed by atoms with van der Waals surface area (Å²) >= 11 is 13.0. The fourth-order valence-corrected chi connectivity index (χ4v) is 4.13. The third kappa shape index (κ3) is 3.54. The topological polar surface area (TPSA) is 55.0 Å². The summed E-state index contributed by atoms with van der Waals surface area (Å²) in [6, 6.07) is 22.9. The van der Waals surface area contributed by atoms with Gasteiger partial charge in [-0.25, -0.2) is 4.79 Å². The number of rotatable bonds is 4. The molecule has 4 nitrogen and oxygen atoms in total. The largest absolute Gasteiger partial charge is 0.465 e. The van der Waals surface area contributed by atoms with E-state index in [1.807, 2.05) is 48.5 Å². The molecule has 0 atom stereocenters. The molecule has 0 N–H and O–H groups in total. The zero-order chi connectivity index (χ0) is 21.3. The number of nitrogens with zero attached hydrogens (tertiary/aromatic N) is 2. The van der Waals surface area contributed by atoms with Crippen LogP contribution in [0.4, 0.5) is 0 Å². The van der Waals surface area contributed by atoms with Gasteiger partial charge in [-0.15, -0.1) is 0 Å². The Morgan fingerprint density at radius 1 is 1.07 bits per heavy atom. The van der Waals surface area contributed by atoms with Crippen LogP contribution in [-0.2, 0) is 11.2 Å². The number of ether oxygens (including phenoxy) is 1. The second-order valence-corrected chi connectivity index (χ2v) is 7.53. The number of hydrogen-bond donors (Lipinski definition) is 0. The van der Waals surface area contributed by atoms with Gasteiger partial charge in [-0.05, 0) is 48.0 Å². The Bertz CT molecular complexity index is 1300. The zero-order valence-electron chi connectivity index (χ0n) is 16.0. The van der Waals surface area contributed by atoms with Crippen molar-refractivity contribution in [2.24, 2.45) is 0 Å². The molecule has 0 fully saturated rings. The molecule has 0 radical (unpaired) electrons. The van der Waals surface area contributed by atoms with Crippen molar-refractivity contribution in [3.63, 3.8) is 0 Å². The Balaban J connectivity index is 1.93. The molecule has 3 aromatic carbocycles. The molecular weight excluding hydrogens is 419 g/mol. The van der Waals surface area contributed by atoms with Crippen LogP contribution in [0.15, 0.2) is 66.7 Å². The molecule has 148 valence electrons. The van der Waals surface area contributed by atoms with Crippen molar-refractivity contribution in [3.8, 4) is 11.8 Å². The first-order valence-corrected chi connectivity index (χ1v) is 9.94. The first-order chi connectivity index (χ1) is 14.5. The number of hydrogen-bond acceptors (Lipinski definition) is 3. The van der Waals surface area contributed by atoms with Crippen LogP contribution in [0, 0.1) is 11.3 Å². The lowest BCUT2D eigenvalue weighted by atomic mass is 10.1. The van der Waals surface area contributed by atoms with Crippen LogP contribution in [0.25, 0.3) is 16.6 Å². The standard InChI is InChI=1S/C24H16Cl2N2O2/c1-30-24(29)19-9-10-21(25)20(23(19)26)13-18-12-16-8-7-15(14-27)11-22(16)28(18)17-5-3-2-4-6-17/h2-12H,13H2,1H3. The number of fused-ring (bicyclic) bond motifs is 1. The second-order valence-electron chi connectivity index (χ2n) is 6.75. The molecule has 1 aromatic heterocycles. The molecule has 0 bridgehead atoms. The summed E-state index contributed by atoms with van der Waals surface area (Å²) in [5, 5.41) is 11.1. The fraction of sp³-hybridized carbons (Fsp3) is 0.0833. The Morgan fingerprint density at radius 3 is 2.53 bits per heavy atom. The van der Waals surface area contributed by atoms with E-state index in [0.29, 0.717) is 22.6 Å². The minimum atomic E-state index is -0.514. The van der Waals surface area contributed by atoms with Crippen LogP contribution < -0.4 is 0 Å². The maximum Gasteiger partial charge on any atom is 0.339 e. The van der Waals surface area contributed by atoms with Crippen LogP contribution in [0.2, 0.25) is 10.0 Å². The molecule has 0 spiro atoms. The average molecular weight is 435 g/mol. The Morgan fingerprint density at radius 2 is 1.83 bits per heavy atom. The summed E-state index contributed by atoms with van der Waals surface area (Å²) in [5.41, 5.74) is 4.28. The van der Waals surface area contributed by atoms with E-state index in [1.54, 1.807) is 18.2 Å². The lowest BCUT2D eigenvalue weighted by Gasteiger charge is -2.14. The average Bonchev–Trinajstić information content (AvgIpc) is 3.13. The van der Waals surface area contributed by atoms with Crippen LogP contribution in [0.5, 0.6) is 0 Å². The normalized spacial score (nSPS) is 10.7. The molecular formula is C24H16Cl2N2O2. The summed E-state index contributed by atoms with van der Waals surface area (Å²) in [4.78, 5) is 12.1. The number of benzene rings is 3. The van der Waals surface area contributed by atoms with Gasteiger partial charge in [-0.2, -0.15) is 5.26 Å². The zero-order valence-corrected chi connectivity index (χ0v) is 17.5. The molecule has 6 heteroatoms. The van der Waals surface area contributed by atoms with Gasteiger partial charge in [0.1, 0.15) is 0 Å². The van der Waals surface area contributed by atoms with Crippen molar-refractivity contribution >= 4 is 40.1 Å². The summed E-state index contributed by atoms with van der Waals surface area (Å²) in [7, 11) is 1.31. The highest BCUT2D eigenvalue weighted by Crippen LogP contribution is 2.33. The highest BCUT2D eigenvalue weighted by atomic mass is 35.5. The maximum atomic E-state index is 12.1. The van der Waals surface area contributed by atoms with Crippen molar-refractivity contribution in [1.29, 1.82) is 5.26 Å². The third-order valence-corrected chi connectivity index (χ3v) is 5.76. The number of esters is 1. The van der Waals surface area contributed by atoms with Crippen LogP contribution in [0.3, 0.4) is 0 Å². The van der Waals surface area contributed by atoms with Crippen LogP contribution in [-0.4, -0.2) is 17.6 Å². The van der Waals surface area contributed by atoms with E-state index < -0.39 is 5.97 Å². The number of para-hydroxylation sites is 1. The molecule has 1 heterocycles. The smallest absolute Gasteiger partial charge is 0.339 e. The lowest BCUT2D eigenvalue weighted by molar-refractivity contribution is 0.0601. The first-order valence-electron chi connectivity index (χ1n) is 9.18. The minimum absolute atomic E-state index is 0.271. The molecule has 0 saturated carbocycles. The van der Waals surface area contributed by atoms with Gasteiger partial charge in [-0.3, -0.25) is 0 Å². The lowest BCUT2D eigenvalue weighted by Crippen LogP contribution is -2.06. The third-order valence-electron chi connectivity index (χ3n) is 4.97. The molecule has 0 amide bonds. The predicted octanol–water partition coefficient (Wildman–Crippen LogP) is 6.19. The minimum Gasteiger partial charge on any atom is -0.465 e. The monoisotopic (exact) mass is 434 g/mol. The number of aromatic nitrogens is 1. The van der Waals surface area contributed by atoms with Crippen molar-refractivity contribution in [3.05, 3.63) is 99.2 Å². The van der Waals surface area contributed by atoms with Gasteiger partial charge in [-0.1, -0.05) is 47.5 Å². The van der Waals surface area contributed by atoms with Gasteiger partial charge >= 0.3 is 5.97 Å². The van der Waals surface area contributed by atoms with Gasteiger partial charge in [0.15, 0.2) is 0 Å². The van der Waals surface area contributed by atoms with Gasteiger partial charge in [0.25, 0.3) is 0 Å². The predicted molar refractivity (Wildman–Crippen MR) is 119 cm³/mol. The molecule has 30 heavy (non-hydrogen) atoms. The molecule has 0 aliphatic heterocycles. The summed E-state index contributed by atoms with van der Waals surface area (Å²) in [6.07, 6.45) is 0.397. The molecule has 4 aromatic rings. The van der Waals surface area contributed by atoms with Crippen molar-refractivity contribution in [1.82, 2.24) is 4.57 Å². The number of carbonyl (C=O) groups excluding carboxylic acids is 1. The van der Waals surface area contributed by atoms with E-state index in [4.69, 9.17) is 27.9 Å². The summed E-state index contributed by atoms with van der Waals surface area (Å²) < 4.78 is 6.90. The number of carbonyl (C=O) groups is 1. The van der Waals surface area contributed by atoms with Crippen molar-refractivity contribution < 1.29 is 9.53 Å². The molecule has 4 rings (SSSR count). The highest BCUT2D eigenvalue weighted by Gasteiger charge is 2.19. The van der Waals surface area contributed by atoms with Gasteiger partial charge in [0, 0.05) is 28.2 Å². The van der Waals surface area contributed by atoms with Crippen molar-refractivity contribution in [2.45, 2.75) is 6.42 Å². The van der Waals surface area contributed by atoms with E-state index in [1.165, 1.54) is 7.11 Å². The van der Waals surface area contributed by atoms with Gasteiger partial charge < -0.3 is 9.30 Å². The van der Waals surface area contributed by atoms with Crippen molar-refractivity contribution in [2.75, 3.05) is 7.11 Å². The Kier molecular flexibility index (Phi) is 5.50. The molecule has 0 saturated heterocycles.